The van der Waals surface area contributed by atoms with Gasteiger partial charge in [-0.15, -0.1) is 11.8 Å². The Balaban J connectivity index is 2.66. The van der Waals surface area contributed by atoms with Crippen LogP contribution in [0.5, 0.6) is 0 Å². The number of nitrogens with zero attached hydrogens (tertiary/aromatic N) is 1. The van der Waals surface area contributed by atoms with Gasteiger partial charge in [0.05, 0.1) is 10.0 Å². The molecule has 96 valence electrons. The third-order valence-electron chi connectivity index (χ3n) is 2.23. The summed E-state index contributed by atoms with van der Waals surface area (Å²) < 4.78 is 0. The highest BCUT2D eigenvalue weighted by molar-refractivity contribution is 7.99. The van der Waals surface area contributed by atoms with Crippen molar-refractivity contribution in [2.75, 3.05) is 17.6 Å². The fourth-order valence-electron chi connectivity index (χ4n) is 1.36. The maximum absolute atomic E-state index is 6.12. The summed E-state index contributed by atoms with van der Waals surface area (Å²) in [7, 11) is 0. The second-order valence-corrected chi connectivity index (χ2v) is 5.59. The molecule has 0 bridgehead atoms. The van der Waals surface area contributed by atoms with Crippen LogP contribution in [-0.2, 0) is 0 Å². The number of anilines is 1. The third-order valence-corrected chi connectivity index (χ3v) is 3.99. The Morgan fingerprint density at radius 3 is 2.65 bits per heavy atom. The molecule has 1 N–H and O–H groups in total. The molecule has 1 aromatic heterocycles. The predicted octanol–water partition coefficient (Wildman–Crippen LogP) is 5.10. The Labute approximate surface area is 117 Å². The molecule has 0 saturated carbocycles. The van der Waals surface area contributed by atoms with Crippen molar-refractivity contribution in [3.05, 3.63) is 16.1 Å². The summed E-state index contributed by atoms with van der Waals surface area (Å²) >= 11 is 13.9. The topological polar surface area (TPSA) is 24.9 Å². The van der Waals surface area contributed by atoms with Crippen molar-refractivity contribution in [3.63, 3.8) is 0 Å². The Bertz CT molecular complexity index is 359. The molecule has 2 nitrogen and oxygen atoms in total. The second kappa shape index (κ2) is 8.06. The van der Waals surface area contributed by atoms with Gasteiger partial charge in [-0.25, -0.2) is 4.98 Å². The van der Waals surface area contributed by atoms with Gasteiger partial charge in [-0.1, -0.05) is 43.0 Å². The molecular formula is C12H18Cl2N2S. The van der Waals surface area contributed by atoms with Gasteiger partial charge in [0.25, 0.3) is 0 Å². The number of rotatable bonds is 7. The summed E-state index contributed by atoms with van der Waals surface area (Å²) in [6.07, 6.45) is 3.67. The van der Waals surface area contributed by atoms with Crippen molar-refractivity contribution >= 4 is 40.8 Å². The lowest BCUT2D eigenvalue weighted by molar-refractivity contribution is 0.778. The summed E-state index contributed by atoms with van der Waals surface area (Å²) in [5.41, 5.74) is 0. The molecule has 0 spiro atoms. The first-order valence-electron chi connectivity index (χ1n) is 5.91. The number of nitrogens with one attached hydrogen (secondary N) is 1. The van der Waals surface area contributed by atoms with Crippen LogP contribution in [-0.4, -0.2) is 17.3 Å². The van der Waals surface area contributed by atoms with Crippen molar-refractivity contribution in [1.29, 1.82) is 0 Å². The lowest BCUT2D eigenvalue weighted by Crippen LogP contribution is -2.01. The van der Waals surface area contributed by atoms with Crippen molar-refractivity contribution in [2.45, 2.75) is 38.1 Å². The molecule has 0 aliphatic carbocycles. The zero-order chi connectivity index (χ0) is 12.7. The van der Waals surface area contributed by atoms with Gasteiger partial charge < -0.3 is 5.32 Å². The molecule has 0 aliphatic rings. The van der Waals surface area contributed by atoms with Crippen LogP contribution in [0.3, 0.4) is 0 Å². The van der Waals surface area contributed by atoms with E-state index in [2.05, 4.69) is 17.2 Å². The van der Waals surface area contributed by atoms with Crippen LogP contribution in [0.2, 0.25) is 10.0 Å². The molecule has 0 unspecified atom stereocenters. The number of pyridine rings is 1. The molecule has 0 saturated heterocycles. The minimum absolute atomic E-state index is 0.578. The first kappa shape index (κ1) is 14.9. The number of thioether (sulfide) groups is 1. The molecule has 5 heteroatoms. The number of unbranched alkanes of at least 4 members (excludes halogenated alkanes) is 2. The standard InChI is InChI=1S/C12H18Cl2N2S/c1-3-5-6-7-17-12-10(14)8-9(13)11(16-12)15-4-2/h8H,3-7H2,1-2H3,(H,15,16). The number of halogens is 2. The van der Waals surface area contributed by atoms with Crippen LogP contribution in [0.25, 0.3) is 0 Å². The van der Waals surface area contributed by atoms with Crippen LogP contribution in [0.4, 0.5) is 5.82 Å². The summed E-state index contributed by atoms with van der Waals surface area (Å²) in [4.78, 5) is 4.45. The van der Waals surface area contributed by atoms with Gasteiger partial charge in [0, 0.05) is 6.54 Å². The number of hydrogen-bond acceptors (Lipinski definition) is 3. The molecule has 0 radical (unpaired) electrons. The van der Waals surface area contributed by atoms with Crippen LogP contribution < -0.4 is 5.32 Å². The first-order chi connectivity index (χ1) is 8.19. The molecule has 1 rings (SSSR count). The smallest absolute Gasteiger partial charge is 0.146 e. The van der Waals surface area contributed by atoms with Crippen LogP contribution in [0.1, 0.15) is 33.1 Å². The third kappa shape index (κ3) is 4.94. The van der Waals surface area contributed by atoms with E-state index in [-0.39, 0.29) is 0 Å². The van der Waals surface area contributed by atoms with Crippen molar-refractivity contribution in [1.82, 2.24) is 4.98 Å². The van der Waals surface area contributed by atoms with E-state index in [4.69, 9.17) is 23.2 Å². The zero-order valence-corrected chi connectivity index (χ0v) is 12.6. The maximum Gasteiger partial charge on any atom is 0.146 e. The van der Waals surface area contributed by atoms with E-state index >= 15 is 0 Å². The summed E-state index contributed by atoms with van der Waals surface area (Å²) in [5.74, 6) is 1.77. The molecule has 1 heterocycles. The quantitative estimate of drug-likeness (QED) is 0.559. The number of aromatic nitrogens is 1. The molecule has 0 amide bonds. The second-order valence-electron chi connectivity index (χ2n) is 3.69. The van der Waals surface area contributed by atoms with Gasteiger partial charge >= 0.3 is 0 Å². The molecular weight excluding hydrogens is 275 g/mol. The van der Waals surface area contributed by atoms with Crippen molar-refractivity contribution < 1.29 is 0 Å². The molecule has 0 fully saturated rings. The van der Waals surface area contributed by atoms with Gasteiger partial charge in [0.1, 0.15) is 10.8 Å². The summed E-state index contributed by atoms with van der Waals surface area (Å²) in [6.45, 7) is 5.01. The maximum atomic E-state index is 6.12. The fraction of sp³-hybridized carbons (Fsp3) is 0.583. The van der Waals surface area contributed by atoms with Crippen molar-refractivity contribution in [2.24, 2.45) is 0 Å². The Kier molecular flexibility index (Phi) is 7.09. The van der Waals surface area contributed by atoms with E-state index in [0.717, 1.165) is 23.1 Å². The van der Waals surface area contributed by atoms with E-state index in [1.807, 2.05) is 6.92 Å². The molecule has 0 atom stereocenters. The summed E-state index contributed by atoms with van der Waals surface area (Å²) in [5, 5.41) is 5.21. The average molecular weight is 293 g/mol. The average Bonchev–Trinajstić information content (AvgIpc) is 2.30. The van der Waals surface area contributed by atoms with Gasteiger partial charge in [-0.2, -0.15) is 0 Å². The van der Waals surface area contributed by atoms with Gasteiger partial charge in [0.2, 0.25) is 0 Å². The van der Waals surface area contributed by atoms with Crippen LogP contribution in [0, 0.1) is 0 Å². The minimum Gasteiger partial charge on any atom is -0.369 e. The minimum atomic E-state index is 0.578. The Morgan fingerprint density at radius 1 is 1.24 bits per heavy atom. The van der Waals surface area contributed by atoms with E-state index in [0.29, 0.717) is 10.0 Å². The van der Waals surface area contributed by atoms with Crippen LogP contribution >= 0.6 is 35.0 Å². The zero-order valence-electron chi connectivity index (χ0n) is 10.2. The normalized spacial score (nSPS) is 10.6. The lowest BCUT2D eigenvalue weighted by Gasteiger charge is -2.09. The largest absolute Gasteiger partial charge is 0.369 e. The van der Waals surface area contributed by atoms with E-state index in [1.54, 1.807) is 17.8 Å². The van der Waals surface area contributed by atoms with Crippen LogP contribution in [0.15, 0.2) is 11.1 Å². The highest BCUT2D eigenvalue weighted by Crippen LogP contribution is 2.32. The highest BCUT2D eigenvalue weighted by atomic mass is 35.5. The van der Waals surface area contributed by atoms with Gasteiger partial charge in [-0.3, -0.25) is 0 Å². The SMILES string of the molecule is CCCCCSc1nc(NCC)c(Cl)cc1Cl. The molecule has 17 heavy (non-hydrogen) atoms. The number of hydrogen-bond donors (Lipinski definition) is 1. The van der Waals surface area contributed by atoms with Crippen molar-refractivity contribution in [3.8, 4) is 0 Å². The predicted molar refractivity (Wildman–Crippen MR) is 78.7 cm³/mol. The van der Waals surface area contributed by atoms with E-state index in [9.17, 15) is 0 Å². The first-order valence-corrected chi connectivity index (χ1v) is 7.65. The van der Waals surface area contributed by atoms with E-state index in [1.165, 1.54) is 19.3 Å². The van der Waals surface area contributed by atoms with E-state index < -0.39 is 0 Å². The Hall–Kier alpha value is -0.120. The molecule has 1 aromatic rings. The van der Waals surface area contributed by atoms with Gasteiger partial charge in [0.15, 0.2) is 0 Å². The fourth-order valence-corrected chi connectivity index (χ4v) is 2.85. The van der Waals surface area contributed by atoms with Gasteiger partial charge in [-0.05, 0) is 25.2 Å². The summed E-state index contributed by atoms with van der Waals surface area (Å²) in [6, 6.07) is 1.76. The molecule has 0 aromatic carbocycles. The highest BCUT2D eigenvalue weighted by Gasteiger charge is 2.09. The molecule has 0 aliphatic heterocycles. The Morgan fingerprint density at radius 2 is 2.00 bits per heavy atom. The lowest BCUT2D eigenvalue weighted by atomic mass is 10.3. The monoisotopic (exact) mass is 292 g/mol.